The number of hydrogen-bond donors (Lipinski definition) is 0. The van der Waals surface area contributed by atoms with Crippen molar-refractivity contribution in [3.05, 3.63) is 0 Å². The summed E-state index contributed by atoms with van der Waals surface area (Å²) in [7, 11) is 0. The summed E-state index contributed by atoms with van der Waals surface area (Å²) in [6.07, 6.45) is 0. The van der Waals surface area contributed by atoms with Crippen molar-refractivity contribution in [3.63, 3.8) is 0 Å². The molecule has 6 heavy (non-hydrogen) atoms. The molecule has 0 spiro atoms. The zero-order chi connectivity index (χ0) is 0. The van der Waals surface area contributed by atoms with Gasteiger partial charge in [-0.05, 0) is 0 Å². The van der Waals surface area contributed by atoms with Gasteiger partial charge in [0.2, 0.25) is 0 Å². The van der Waals surface area contributed by atoms with Crippen LogP contribution in [0.3, 0.4) is 0 Å². The third kappa shape index (κ3) is 119. The van der Waals surface area contributed by atoms with Crippen molar-refractivity contribution in [2.75, 3.05) is 0 Å². The fourth-order valence-corrected chi connectivity index (χ4v) is 0. The van der Waals surface area contributed by atoms with Crippen LogP contribution in [-0.4, -0.2) is 0 Å². The summed E-state index contributed by atoms with van der Waals surface area (Å²) in [5.41, 5.74) is 0. The molecule has 0 nitrogen and oxygen atoms in total. The summed E-state index contributed by atoms with van der Waals surface area (Å²) in [5, 5.41) is 0. The molecule has 0 aliphatic carbocycles. The van der Waals surface area contributed by atoms with E-state index in [4.69, 9.17) is 0 Å². The maximum absolute atomic E-state index is 0. The molecule has 2 radical (unpaired) electrons. The molecular weight excluding hydrogens is 114 g/mol. The van der Waals surface area contributed by atoms with E-state index in [1.165, 1.54) is 0 Å². The van der Waals surface area contributed by atoms with E-state index >= 15 is 0 Å². The molecule has 0 unspecified atom stereocenters. The van der Waals surface area contributed by atoms with Gasteiger partial charge in [-0.15, -0.1) is 0 Å². The summed E-state index contributed by atoms with van der Waals surface area (Å²) in [4.78, 5) is 0. The van der Waals surface area contributed by atoms with Crippen LogP contribution < -0.4 is 37.7 Å². The van der Waals surface area contributed by atoms with E-state index in [1.807, 2.05) is 0 Å². The summed E-state index contributed by atoms with van der Waals surface area (Å²) in [6, 6.07) is 0. The Kier molecular flexibility index (Phi) is 15400. The van der Waals surface area contributed by atoms with Gasteiger partial charge >= 0.3 is 28.8 Å². The van der Waals surface area contributed by atoms with Crippen LogP contribution in [0.5, 0.6) is 0 Å². The van der Waals surface area contributed by atoms with E-state index in [-0.39, 0.29) is 47.6 Å². The normalized spacial score (nSPS) is 0. The van der Waals surface area contributed by atoms with Crippen LogP contribution in [0.4, 0.5) is 0 Å². The zero-order valence-electron chi connectivity index (χ0n) is 2.96. The van der Waals surface area contributed by atoms with Crippen molar-refractivity contribution in [1.82, 2.24) is 0 Å². The van der Waals surface area contributed by atoms with Crippen LogP contribution in [0, 0.1) is 0 Å². The molecule has 0 aromatic heterocycles. The molecular formula is F4LiP. The van der Waals surface area contributed by atoms with Gasteiger partial charge in [-0.2, -0.15) is 0 Å². The second-order valence-corrected chi connectivity index (χ2v) is 0. The Bertz CT molecular complexity index is 7.51. The Hall–Kier alpha value is 0.747. The van der Waals surface area contributed by atoms with Crippen LogP contribution in [0.1, 0.15) is 0 Å². The number of rotatable bonds is 0. The van der Waals surface area contributed by atoms with E-state index in [0.717, 1.165) is 0 Å². The molecule has 0 bridgehead atoms. The van der Waals surface area contributed by atoms with Crippen molar-refractivity contribution in [2.45, 2.75) is 0 Å². The second kappa shape index (κ2) is 232. The molecule has 0 saturated carbocycles. The van der Waals surface area contributed by atoms with Gasteiger partial charge in [-0.1, -0.05) is 0 Å². The number of hydrogen-bond acceptors (Lipinski definition) is 0. The van der Waals surface area contributed by atoms with E-state index in [9.17, 15) is 0 Å². The number of halogens is 4. The molecule has 0 saturated heterocycles. The average molecular weight is 114 g/mol. The maximum atomic E-state index is 0. The van der Waals surface area contributed by atoms with Crippen LogP contribution in [0.15, 0.2) is 0 Å². The minimum atomic E-state index is 0. The van der Waals surface area contributed by atoms with Crippen molar-refractivity contribution in [1.29, 1.82) is 0 Å². The Morgan fingerprint density at radius 1 is 0.500 bits per heavy atom. The zero-order valence-corrected chi connectivity index (χ0v) is 3.85. The van der Waals surface area contributed by atoms with Crippen LogP contribution in [0.25, 0.3) is 0 Å². The summed E-state index contributed by atoms with van der Waals surface area (Å²) in [6.45, 7) is 0. The van der Waals surface area contributed by atoms with Gasteiger partial charge in [0.25, 0.3) is 0 Å². The van der Waals surface area contributed by atoms with Gasteiger partial charge in [0.15, 0.2) is 0 Å². The van der Waals surface area contributed by atoms with Crippen molar-refractivity contribution in [2.24, 2.45) is 0 Å². The molecule has 0 aromatic rings. The first-order chi connectivity index (χ1) is 0. The van der Waals surface area contributed by atoms with Gasteiger partial charge in [-0.3, -0.25) is 0 Å². The Morgan fingerprint density at radius 2 is 0.500 bits per heavy atom. The molecule has 0 aliphatic heterocycles. The van der Waals surface area contributed by atoms with Gasteiger partial charge < -0.3 is 18.8 Å². The predicted molar refractivity (Wildman–Crippen MR) is 6.92 cm³/mol. The first-order valence-corrected chi connectivity index (χ1v) is 0. The van der Waals surface area contributed by atoms with Crippen LogP contribution in [-0.2, 0) is 0 Å². The molecule has 34 valence electrons. The molecule has 0 heterocycles. The largest absolute Gasteiger partial charge is 3.00 e. The molecule has 0 atom stereocenters. The standard InChI is InChI=1S/4FH.Li.P/h4*1H;;/q;;;;+1;+3/p-4. The van der Waals surface area contributed by atoms with Crippen LogP contribution >= 0.6 is 9.90 Å². The molecule has 6 heteroatoms. The minimum Gasteiger partial charge on any atom is -1.00 e. The SMILES string of the molecule is [F-].[F-].[F-].[F-].[Li+].[P+3]. The van der Waals surface area contributed by atoms with Gasteiger partial charge in [0.05, 0.1) is 0 Å². The Morgan fingerprint density at radius 3 is 0.500 bits per heavy atom. The summed E-state index contributed by atoms with van der Waals surface area (Å²) >= 11 is 0. The topological polar surface area (TPSA) is 0 Å². The van der Waals surface area contributed by atoms with E-state index < -0.39 is 0 Å². The van der Waals surface area contributed by atoms with Gasteiger partial charge in [0, 0.05) is 0 Å². The molecule has 0 rings (SSSR count). The molecule has 0 amide bonds. The van der Waals surface area contributed by atoms with E-state index in [2.05, 4.69) is 0 Å². The quantitative estimate of drug-likeness (QED) is 0.166. The van der Waals surface area contributed by atoms with Crippen LogP contribution in [0.2, 0.25) is 0 Å². The summed E-state index contributed by atoms with van der Waals surface area (Å²) in [5.74, 6) is 0. The smallest absolute Gasteiger partial charge is 1.00 e. The maximum Gasteiger partial charge on any atom is 3.00 e. The third-order valence-corrected chi connectivity index (χ3v) is 0. The fourth-order valence-electron chi connectivity index (χ4n) is 0. The second-order valence-electron chi connectivity index (χ2n) is 0. The molecule has 0 aromatic carbocycles. The Labute approximate surface area is 48.3 Å². The Balaban J connectivity index is 0. The van der Waals surface area contributed by atoms with Crippen molar-refractivity contribution in [3.8, 4) is 0 Å². The van der Waals surface area contributed by atoms with Gasteiger partial charge in [-0.25, -0.2) is 0 Å². The van der Waals surface area contributed by atoms with E-state index in [0.29, 0.717) is 0 Å². The summed E-state index contributed by atoms with van der Waals surface area (Å²) < 4.78 is 0. The molecule has 0 aliphatic rings. The van der Waals surface area contributed by atoms with Gasteiger partial charge in [0.1, 0.15) is 0 Å². The molecule has 0 N–H and O–H groups in total. The van der Waals surface area contributed by atoms with E-state index in [1.54, 1.807) is 0 Å². The minimum absolute atomic E-state index is 0. The third-order valence-electron chi connectivity index (χ3n) is 0. The first kappa shape index (κ1) is 399. The monoisotopic (exact) mass is 114 g/mol. The van der Waals surface area contributed by atoms with Crippen molar-refractivity contribution >= 4 is 9.90 Å². The first-order valence-electron chi connectivity index (χ1n) is 0. The van der Waals surface area contributed by atoms with Crippen molar-refractivity contribution < 1.29 is 37.7 Å². The predicted octanol–water partition coefficient (Wildman–Crippen LogP) is -14.1. The fraction of sp³-hybridized carbons (Fsp3) is 0. The average Bonchev–Trinajstić information content (AvgIpc) is 0. The molecule has 0 fully saturated rings.